The van der Waals surface area contributed by atoms with Crippen molar-refractivity contribution in [1.29, 1.82) is 0 Å². The van der Waals surface area contributed by atoms with Gasteiger partial charge >= 0.3 is 0 Å². The van der Waals surface area contributed by atoms with Crippen LogP contribution in [0.3, 0.4) is 0 Å². The van der Waals surface area contributed by atoms with E-state index < -0.39 is 9.84 Å². The number of benzene rings is 1. The maximum atomic E-state index is 11.6. The van der Waals surface area contributed by atoms with E-state index in [0.717, 1.165) is 6.42 Å². The van der Waals surface area contributed by atoms with Gasteiger partial charge in [-0.1, -0.05) is 18.2 Å². The Bertz CT molecular complexity index is 528. The molecule has 1 aromatic carbocycles. The van der Waals surface area contributed by atoms with Crippen molar-refractivity contribution in [2.24, 2.45) is 11.8 Å². The van der Waals surface area contributed by atoms with Gasteiger partial charge in [0.05, 0.1) is 11.5 Å². The summed E-state index contributed by atoms with van der Waals surface area (Å²) in [7, 11) is -2.87. The van der Waals surface area contributed by atoms with E-state index in [4.69, 9.17) is 0 Å². The minimum Gasteiger partial charge on any atom is -0.396 e. The number of hydrogen-bond donors (Lipinski definition) is 1. The number of aliphatic hydroxyl groups excluding tert-OH is 1. The zero-order chi connectivity index (χ0) is 14.0. The summed E-state index contributed by atoms with van der Waals surface area (Å²) in [4.78, 5) is 0. The van der Waals surface area contributed by atoms with Gasteiger partial charge in [-0.25, -0.2) is 8.42 Å². The van der Waals surface area contributed by atoms with Crippen molar-refractivity contribution in [2.45, 2.75) is 26.7 Å². The molecular weight excluding hydrogens is 260 g/mol. The van der Waals surface area contributed by atoms with E-state index >= 15 is 0 Å². The van der Waals surface area contributed by atoms with Crippen molar-refractivity contribution < 1.29 is 13.5 Å². The van der Waals surface area contributed by atoms with Crippen molar-refractivity contribution in [2.75, 3.05) is 18.1 Å². The number of sulfone groups is 1. The molecule has 1 N–H and O–H groups in total. The van der Waals surface area contributed by atoms with Crippen molar-refractivity contribution >= 4 is 9.84 Å². The average Bonchev–Trinajstić information content (AvgIpc) is 2.69. The quantitative estimate of drug-likeness (QED) is 0.917. The van der Waals surface area contributed by atoms with Crippen LogP contribution in [0.1, 0.15) is 23.1 Å². The Morgan fingerprint density at radius 3 is 2.42 bits per heavy atom. The van der Waals surface area contributed by atoms with Gasteiger partial charge < -0.3 is 5.11 Å². The van der Waals surface area contributed by atoms with Crippen LogP contribution < -0.4 is 0 Å². The number of aliphatic hydroxyl groups is 1. The molecule has 2 atom stereocenters. The highest BCUT2D eigenvalue weighted by Gasteiger charge is 2.33. The lowest BCUT2D eigenvalue weighted by molar-refractivity contribution is 0.183. The minimum atomic E-state index is -2.87. The molecule has 0 amide bonds. The van der Waals surface area contributed by atoms with Crippen molar-refractivity contribution in [3.05, 3.63) is 34.9 Å². The Balaban J connectivity index is 2.16. The van der Waals surface area contributed by atoms with Crippen molar-refractivity contribution in [1.82, 2.24) is 0 Å². The average molecular weight is 282 g/mol. The molecule has 1 fully saturated rings. The molecule has 2 unspecified atom stereocenters. The summed E-state index contributed by atoms with van der Waals surface area (Å²) in [5, 5.41) is 9.60. The summed E-state index contributed by atoms with van der Waals surface area (Å²) >= 11 is 0. The second-order valence-corrected chi connectivity index (χ2v) is 7.91. The first kappa shape index (κ1) is 14.5. The maximum absolute atomic E-state index is 11.6. The normalized spacial score (nSPS) is 23.4. The SMILES string of the molecule is Cc1cccc(C)c1CC(CO)C1CCS(=O)(=O)C1. The summed E-state index contributed by atoms with van der Waals surface area (Å²) in [5.41, 5.74) is 3.70. The molecule has 2 rings (SSSR count). The van der Waals surface area contributed by atoms with E-state index in [2.05, 4.69) is 26.0 Å². The first-order valence-electron chi connectivity index (χ1n) is 6.79. The predicted octanol–water partition coefficient (Wildman–Crippen LogP) is 1.89. The van der Waals surface area contributed by atoms with Crippen LogP contribution in [0.2, 0.25) is 0 Å². The summed E-state index contributed by atoms with van der Waals surface area (Å²) in [5.74, 6) is 0.676. The summed E-state index contributed by atoms with van der Waals surface area (Å²) in [6.07, 6.45) is 1.47. The maximum Gasteiger partial charge on any atom is 0.150 e. The van der Waals surface area contributed by atoms with E-state index in [1.165, 1.54) is 16.7 Å². The Morgan fingerprint density at radius 2 is 1.95 bits per heavy atom. The van der Waals surface area contributed by atoms with Gasteiger partial charge in [-0.15, -0.1) is 0 Å². The van der Waals surface area contributed by atoms with Gasteiger partial charge in [-0.05, 0) is 55.2 Å². The third kappa shape index (κ3) is 3.37. The molecule has 0 spiro atoms. The molecule has 1 aliphatic heterocycles. The van der Waals surface area contributed by atoms with E-state index in [9.17, 15) is 13.5 Å². The number of hydrogen-bond acceptors (Lipinski definition) is 3. The third-order valence-electron chi connectivity index (χ3n) is 4.28. The molecule has 0 radical (unpaired) electrons. The fourth-order valence-electron chi connectivity index (χ4n) is 3.01. The molecule has 0 aromatic heterocycles. The molecule has 4 heteroatoms. The van der Waals surface area contributed by atoms with Crippen LogP contribution in [-0.2, 0) is 16.3 Å². The number of rotatable bonds is 4. The summed E-state index contributed by atoms with van der Waals surface area (Å²) < 4.78 is 23.1. The minimum absolute atomic E-state index is 0.0528. The fourth-order valence-corrected chi connectivity index (χ4v) is 4.93. The highest BCUT2D eigenvalue weighted by Crippen LogP contribution is 2.30. The highest BCUT2D eigenvalue weighted by molar-refractivity contribution is 7.91. The molecule has 3 nitrogen and oxygen atoms in total. The fraction of sp³-hybridized carbons (Fsp3) is 0.600. The zero-order valence-electron chi connectivity index (χ0n) is 11.6. The van der Waals surface area contributed by atoms with Crippen LogP contribution in [0.15, 0.2) is 18.2 Å². The first-order valence-corrected chi connectivity index (χ1v) is 8.61. The molecule has 106 valence electrons. The standard InChI is InChI=1S/C15H22O3S/c1-11-4-3-5-12(2)15(11)8-14(9-16)13-6-7-19(17,18)10-13/h3-5,13-14,16H,6-10H2,1-2H3. The van der Waals surface area contributed by atoms with Crippen LogP contribution in [0.25, 0.3) is 0 Å². The van der Waals surface area contributed by atoms with E-state index in [1.807, 2.05) is 6.07 Å². The highest BCUT2D eigenvalue weighted by atomic mass is 32.2. The third-order valence-corrected chi connectivity index (χ3v) is 6.07. The van der Waals surface area contributed by atoms with Crippen LogP contribution in [0, 0.1) is 25.7 Å². The molecule has 19 heavy (non-hydrogen) atoms. The van der Waals surface area contributed by atoms with E-state index in [0.29, 0.717) is 6.42 Å². The van der Waals surface area contributed by atoms with Crippen LogP contribution in [0.4, 0.5) is 0 Å². The Kier molecular flexibility index (Phi) is 4.31. The molecule has 1 aliphatic rings. The second-order valence-electron chi connectivity index (χ2n) is 5.68. The Labute approximate surface area is 115 Å². The summed E-state index contributed by atoms with van der Waals surface area (Å²) in [6, 6.07) is 6.17. The van der Waals surface area contributed by atoms with E-state index in [-0.39, 0.29) is 29.9 Å². The number of aryl methyl sites for hydroxylation is 2. The lowest BCUT2D eigenvalue weighted by Crippen LogP contribution is -2.23. The lowest BCUT2D eigenvalue weighted by atomic mass is 9.84. The largest absolute Gasteiger partial charge is 0.396 e. The van der Waals surface area contributed by atoms with Gasteiger partial charge in [0.15, 0.2) is 9.84 Å². The van der Waals surface area contributed by atoms with E-state index in [1.54, 1.807) is 0 Å². The molecule has 1 aromatic rings. The topological polar surface area (TPSA) is 54.4 Å². The van der Waals surface area contributed by atoms with Crippen LogP contribution >= 0.6 is 0 Å². The molecule has 1 saturated heterocycles. The van der Waals surface area contributed by atoms with Crippen molar-refractivity contribution in [3.8, 4) is 0 Å². The molecular formula is C15H22O3S. The second kappa shape index (κ2) is 5.63. The Hall–Kier alpha value is -0.870. The smallest absolute Gasteiger partial charge is 0.150 e. The zero-order valence-corrected chi connectivity index (χ0v) is 12.4. The van der Waals surface area contributed by atoms with Gasteiger partial charge in [0.1, 0.15) is 0 Å². The van der Waals surface area contributed by atoms with Crippen molar-refractivity contribution in [3.63, 3.8) is 0 Å². The van der Waals surface area contributed by atoms with Gasteiger partial charge in [-0.2, -0.15) is 0 Å². The predicted molar refractivity (Wildman–Crippen MR) is 77.0 cm³/mol. The molecule has 1 heterocycles. The lowest BCUT2D eigenvalue weighted by Gasteiger charge is -2.22. The Morgan fingerprint density at radius 1 is 1.32 bits per heavy atom. The van der Waals surface area contributed by atoms with Gasteiger partial charge in [0.2, 0.25) is 0 Å². The summed E-state index contributed by atoms with van der Waals surface area (Å²) in [6.45, 7) is 4.21. The van der Waals surface area contributed by atoms with Crippen LogP contribution in [-0.4, -0.2) is 31.6 Å². The molecule has 0 bridgehead atoms. The molecule has 0 aliphatic carbocycles. The van der Waals surface area contributed by atoms with Gasteiger partial charge in [-0.3, -0.25) is 0 Å². The van der Waals surface area contributed by atoms with Gasteiger partial charge in [0, 0.05) is 6.61 Å². The monoisotopic (exact) mass is 282 g/mol. The van der Waals surface area contributed by atoms with Gasteiger partial charge in [0.25, 0.3) is 0 Å². The molecule has 0 saturated carbocycles. The first-order chi connectivity index (χ1) is 8.93. The van der Waals surface area contributed by atoms with Crippen LogP contribution in [0.5, 0.6) is 0 Å².